The zero-order valence-corrected chi connectivity index (χ0v) is 17.7. The van der Waals surface area contributed by atoms with E-state index >= 15 is 0 Å². The van der Waals surface area contributed by atoms with Crippen LogP contribution in [0, 0.1) is 5.41 Å². The van der Waals surface area contributed by atoms with Gasteiger partial charge in [-0.25, -0.2) is 4.98 Å². The van der Waals surface area contributed by atoms with Crippen molar-refractivity contribution in [3.05, 3.63) is 65.0 Å². The summed E-state index contributed by atoms with van der Waals surface area (Å²) in [4.78, 5) is 9.62. The van der Waals surface area contributed by atoms with E-state index in [-0.39, 0.29) is 10.8 Å². The predicted octanol–water partition coefficient (Wildman–Crippen LogP) is 5.67. The molecule has 0 fully saturated rings. The average Bonchev–Trinajstić information content (AvgIpc) is 3.07. The number of rotatable bonds is 4. The molecule has 2 aromatic carbocycles. The molecule has 3 heteroatoms. The van der Waals surface area contributed by atoms with Crippen LogP contribution in [-0.2, 0) is 24.7 Å². The molecule has 2 heterocycles. The van der Waals surface area contributed by atoms with Crippen LogP contribution in [0.15, 0.2) is 42.6 Å². The molecular weight excluding hydrogens is 344 g/mol. The highest BCUT2D eigenvalue weighted by Crippen LogP contribution is 2.31. The van der Waals surface area contributed by atoms with Crippen LogP contribution in [0.25, 0.3) is 11.0 Å². The quantitative estimate of drug-likeness (QED) is 0.590. The van der Waals surface area contributed by atoms with E-state index in [9.17, 15) is 0 Å². The van der Waals surface area contributed by atoms with Crippen molar-refractivity contribution in [2.75, 3.05) is 6.61 Å². The monoisotopic (exact) mass is 374 g/mol. The molecule has 28 heavy (non-hydrogen) atoms. The fraction of sp³-hybridized carbons (Fsp3) is 0.440. The van der Waals surface area contributed by atoms with Crippen molar-refractivity contribution in [2.45, 2.75) is 59.3 Å². The number of hydrogen-bond donors (Lipinski definition) is 0. The van der Waals surface area contributed by atoms with Gasteiger partial charge >= 0.3 is 0 Å². The molecule has 4 rings (SSSR count). The van der Waals surface area contributed by atoms with Gasteiger partial charge in [0.2, 0.25) is 0 Å². The van der Waals surface area contributed by atoms with E-state index in [1.54, 1.807) is 0 Å². The minimum absolute atomic E-state index is 0.109. The normalized spacial score (nSPS) is 14.2. The largest absolute Gasteiger partial charge is 0.493 e. The molecule has 3 nitrogen and oxygen atoms in total. The first-order valence-electron chi connectivity index (χ1n) is 10.2. The summed E-state index contributed by atoms with van der Waals surface area (Å²) in [6.07, 6.45) is 4.89. The molecule has 0 atom stereocenters. The SMILES string of the molecule is CC(C)(Cc1ccc2c(c1)CCO2)Cc1cnc2ccc(C(C)(C)C)cc2n1. The average molecular weight is 375 g/mol. The number of aromatic nitrogens is 2. The molecule has 0 saturated heterocycles. The summed E-state index contributed by atoms with van der Waals surface area (Å²) in [7, 11) is 0. The van der Waals surface area contributed by atoms with E-state index in [4.69, 9.17) is 9.72 Å². The van der Waals surface area contributed by atoms with Crippen LogP contribution in [-0.4, -0.2) is 16.6 Å². The fourth-order valence-corrected chi connectivity index (χ4v) is 4.06. The number of ether oxygens (including phenoxy) is 1. The molecule has 146 valence electrons. The van der Waals surface area contributed by atoms with E-state index in [1.807, 2.05) is 6.20 Å². The lowest BCUT2D eigenvalue weighted by molar-refractivity contribution is 0.354. The topological polar surface area (TPSA) is 35.0 Å². The van der Waals surface area contributed by atoms with Crippen molar-refractivity contribution >= 4 is 11.0 Å². The van der Waals surface area contributed by atoms with Crippen LogP contribution in [0.1, 0.15) is 57.0 Å². The zero-order chi connectivity index (χ0) is 19.9. The second-order valence-corrected chi connectivity index (χ2v) is 9.87. The van der Waals surface area contributed by atoms with Gasteiger partial charge in [-0.2, -0.15) is 0 Å². The van der Waals surface area contributed by atoms with E-state index in [0.29, 0.717) is 0 Å². The first-order valence-corrected chi connectivity index (χ1v) is 10.2. The molecule has 0 unspecified atom stereocenters. The third-order valence-electron chi connectivity index (χ3n) is 5.55. The summed E-state index contributed by atoms with van der Waals surface area (Å²) in [6.45, 7) is 12.1. The molecule has 3 aromatic rings. The van der Waals surface area contributed by atoms with Crippen LogP contribution < -0.4 is 4.74 Å². The lowest BCUT2D eigenvalue weighted by Crippen LogP contribution is -2.19. The molecule has 1 aliphatic rings. The Morgan fingerprint density at radius 3 is 2.54 bits per heavy atom. The Morgan fingerprint density at radius 2 is 1.75 bits per heavy atom. The third kappa shape index (κ3) is 4.04. The van der Waals surface area contributed by atoms with Crippen molar-refractivity contribution in [1.29, 1.82) is 0 Å². The molecule has 0 N–H and O–H groups in total. The predicted molar refractivity (Wildman–Crippen MR) is 115 cm³/mol. The highest BCUT2D eigenvalue weighted by molar-refractivity contribution is 5.75. The second kappa shape index (κ2) is 6.88. The van der Waals surface area contributed by atoms with Gasteiger partial charge in [0, 0.05) is 12.6 Å². The van der Waals surface area contributed by atoms with Crippen LogP contribution in [0.5, 0.6) is 5.75 Å². The maximum atomic E-state index is 5.64. The van der Waals surface area contributed by atoms with Gasteiger partial charge in [0.1, 0.15) is 5.75 Å². The molecule has 1 aromatic heterocycles. The molecule has 0 bridgehead atoms. The highest BCUT2D eigenvalue weighted by Gasteiger charge is 2.22. The molecule has 0 radical (unpaired) electrons. The smallest absolute Gasteiger partial charge is 0.122 e. The van der Waals surface area contributed by atoms with Gasteiger partial charge in [0.25, 0.3) is 0 Å². The maximum absolute atomic E-state index is 5.64. The number of fused-ring (bicyclic) bond motifs is 2. The minimum Gasteiger partial charge on any atom is -0.493 e. The van der Waals surface area contributed by atoms with Crippen molar-refractivity contribution in [3.8, 4) is 5.75 Å². The summed E-state index contributed by atoms with van der Waals surface area (Å²) in [5, 5.41) is 0. The maximum Gasteiger partial charge on any atom is 0.122 e. The Bertz CT molecular complexity index is 1010. The van der Waals surface area contributed by atoms with Crippen LogP contribution in [0.3, 0.4) is 0 Å². The fourth-order valence-electron chi connectivity index (χ4n) is 4.06. The Hall–Kier alpha value is -2.42. The summed E-state index contributed by atoms with van der Waals surface area (Å²) in [6, 6.07) is 13.1. The van der Waals surface area contributed by atoms with Gasteiger partial charge in [-0.15, -0.1) is 0 Å². The summed E-state index contributed by atoms with van der Waals surface area (Å²) < 4.78 is 5.64. The third-order valence-corrected chi connectivity index (χ3v) is 5.55. The molecule has 1 aliphatic heterocycles. The van der Waals surface area contributed by atoms with E-state index < -0.39 is 0 Å². The van der Waals surface area contributed by atoms with Gasteiger partial charge in [0.05, 0.1) is 23.3 Å². The Labute approximate surface area is 168 Å². The first-order chi connectivity index (χ1) is 13.2. The Balaban J connectivity index is 1.55. The second-order valence-electron chi connectivity index (χ2n) is 9.87. The number of hydrogen-bond acceptors (Lipinski definition) is 3. The number of nitrogens with zero attached hydrogens (tertiary/aromatic N) is 2. The standard InChI is InChI=1S/C25H30N2O/c1-24(2,3)19-7-8-21-22(13-19)27-20(16-26-21)15-25(4,5)14-17-6-9-23-18(12-17)10-11-28-23/h6-9,12-13,16H,10-11,14-15H2,1-5H3. The Kier molecular flexibility index (Phi) is 4.65. The summed E-state index contributed by atoms with van der Waals surface area (Å²) >= 11 is 0. The van der Waals surface area contributed by atoms with Gasteiger partial charge < -0.3 is 4.74 Å². The van der Waals surface area contributed by atoms with Crippen molar-refractivity contribution in [3.63, 3.8) is 0 Å². The summed E-state index contributed by atoms with van der Waals surface area (Å²) in [5.41, 5.74) is 7.26. The molecule has 0 amide bonds. The molecule has 0 saturated carbocycles. The van der Waals surface area contributed by atoms with Gasteiger partial charge in [-0.05, 0) is 58.6 Å². The van der Waals surface area contributed by atoms with Gasteiger partial charge in [-0.3, -0.25) is 4.98 Å². The summed E-state index contributed by atoms with van der Waals surface area (Å²) in [5.74, 6) is 1.05. The van der Waals surface area contributed by atoms with Crippen LogP contribution in [0.4, 0.5) is 0 Å². The van der Waals surface area contributed by atoms with Crippen LogP contribution >= 0.6 is 0 Å². The van der Waals surface area contributed by atoms with Crippen molar-refractivity contribution in [2.24, 2.45) is 5.41 Å². The minimum atomic E-state index is 0.109. The lowest BCUT2D eigenvalue weighted by Gasteiger charge is -2.25. The van der Waals surface area contributed by atoms with Crippen molar-refractivity contribution in [1.82, 2.24) is 9.97 Å². The van der Waals surface area contributed by atoms with Crippen molar-refractivity contribution < 1.29 is 4.74 Å². The molecule has 0 spiro atoms. The first kappa shape index (κ1) is 18.9. The van der Waals surface area contributed by atoms with E-state index in [1.165, 1.54) is 16.7 Å². The number of benzene rings is 2. The zero-order valence-electron chi connectivity index (χ0n) is 17.7. The van der Waals surface area contributed by atoms with Crippen LogP contribution in [0.2, 0.25) is 0 Å². The van der Waals surface area contributed by atoms with E-state index in [2.05, 4.69) is 76.0 Å². The van der Waals surface area contributed by atoms with E-state index in [0.717, 1.165) is 48.3 Å². The van der Waals surface area contributed by atoms with Gasteiger partial charge in [-0.1, -0.05) is 52.8 Å². The lowest BCUT2D eigenvalue weighted by atomic mass is 9.81. The van der Waals surface area contributed by atoms with Gasteiger partial charge in [0.15, 0.2) is 0 Å². The highest BCUT2D eigenvalue weighted by atomic mass is 16.5. The molecule has 0 aliphatic carbocycles. The Morgan fingerprint density at radius 1 is 0.929 bits per heavy atom. The molecular formula is C25H30N2O.